The minimum absolute atomic E-state index is 0.0200. The average Bonchev–Trinajstić information content (AvgIpc) is 4.15. The van der Waals surface area contributed by atoms with Gasteiger partial charge in [-0.1, -0.05) is 50.2 Å². The fourth-order valence-electron chi connectivity index (χ4n) is 11.8. The largest absolute Gasteiger partial charge is 0.490 e. The Balaban J connectivity index is 0.786. The summed E-state index contributed by atoms with van der Waals surface area (Å²) < 4.78 is 56.8. The summed E-state index contributed by atoms with van der Waals surface area (Å²) in [6.45, 7) is 12.1. The van der Waals surface area contributed by atoms with E-state index in [1.807, 2.05) is 0 Å². The minimum Gasteiger partial charge on any atom is -0.490 e. The zero-order valence-electron chi connectivity index (χ0n) is 42.6. The van der Waals surface area contributed by atoms with Crippen LogP contribution in [-0.2, 0) is 16.6 Å². The summed E-state index contributed by atoms with van der Waals surface area (Å²) in [6.07, 6.45) is 10.0. The topological polar surface area (TPSA) is 195 Å². The smallest absolute Gasteiger partial charge is 0.293 e. The molecular formula is C57H65FN8O8S. The highest BCUT2D eigenvalue weighted by atomic mass is 32.2. The molecule has 0 radical (unpaired) electrons. The lowest BCUT2D eigenvalue weighted by Gasteiger charge is -2.63. The Morgan fingerprint density at radius 2 is 1.73 bits per heavy atom. The first-order valence-corrected chi connectivity index (χ1v) is 27.8. The highest BCUT2D eigenvalue weighted by Gasteiger charge is 2.55. The van der Waals surface area contributed by atoms with Gasteiger partial charge in [0, 0.05) is 87.3 Å². The maximum absolute atomic E-state index is 14.7. The molecule has 16 nitrogen and oxygen atoms in total. The predicted molar refractivity (Wildman–Crippen MR) is 284 cm³/mol. The predicted octanol–water partition coefficient (Wildman–Crippen LogP) is 10.1. The number of hydrogen-bond acceptors (Lipinski definition) is 13. The molecule has 3 saturated carbocycles. The van der Waals surface area contributed by atoms with Gasteiger partial charge in [0.1, 0.15) is 34.4 Å². The second kappa shape index (κ2) is 20.2. The van der Waals surface area contributed by atoms with Crippen LogP contribution in [0.5, 0.6) is 17.2 Å². The summed E-state index contributed by atoms with van der Waals surface area (Å²) in [5, 5.41) is 25.8. The van der Waals surface area contributed by atoms with E-state index in [9.17, 15) is 32.8 Å². The van der Waals surface area contributed by atoms with E-state index in [0.717, 1.165) is 95.3 Å². The summed E-state index contributed by atoms with van der Waals surface area (Å²) in [6, 6.07) is 28.0. The van der Waals surface area contributed by atoms with Gasteiger partial charge in [0.15, 0.2) is 0 Å². The molecule has 1 spiro atoms. The van der Waals surface area contributed by atoms with Crippen LogP contribution in [-0.4, -0.2) is 101 Å². The van der Waals surface area contributed by atoms with Crippen molar-refractivity contribution in [3.05, 3.63) is 142 Å². The molecule has 5 fully saturated rings. The number of rotatable bonds is 17. The van der Waals surface area contributed by atoms with Crippen molar-refractivity contribution < 1.29 is 37.1 Å². The molecule has 3 aliphatic carbocycles. The van der Waals surface area contributed by atoms with Crippen molar-refractivity contribution in [3.63, 3.8) is 0 Å². The number of nitro groups is 1. The first-order chi connectivity index (χ1) is 36.0. The van der Waals surface area contributed by atoms with E-state index in [0.29, 0.717) is 43.1 Å². The van der Waals surface area contributed by atoms with Crippen LogP contribution in [0.1, 0.15) is 111 Å². The molecule has 5 aliphatic rings. The molecule has 0 bridgehead atoms. The molecule has 2 aromatic heterocycles. The highest BCUT2D eigenvalue weighted by Crippen LogP contribution is 2.54. The number of halogens is 1. The number of nitro benzene ring substituents is 1. The molecular weight excluding hydrogens is 976 g/mol. The molecule has 4 aromatic carbocycles. The number of anilines is 2. The third-order valence-electron chi connectivity index (χ3n) is 16.2. The monoisotopic (exact) mass is 1040 g/mol. The Bertz CT molecular complexity index is 3210. The number of amides is 1. The molecule has 4 N–H and O–H groups in total. The molecule has 394 valence electrons. The van der Waals surface area contributed by atoms with Crippen LogP contribution < -0.4 is 24.4 Å². The summed E-state index contributed by atoms with van der Waals surface area (Å²) >= 11 is 0. The number of hydrogen-bond donors (Lipinski definition) is 4. The van der Waals surface area contributed by atoms with E-state index in [1.54, 1.807) is 19.1 Å². The van der Waals surface area contributed by atoms with Crippen LogP contribution >= 0.6 is 0 Å². The van der Waals surface area contributed by atoms with Gasteiger partial charge in [0.25, 0.3) is 21.6 Å². The Hall–Kier alpha value is -6.60. The lowest BCUT2D eigenvalue weighted by molar-refractivity contribution is -0.384. The van der Waals surface area contributed by atoms with E-state index in [4.69, 9.17) is 9.47 Å². The number of benzene rings is 4. The molecule has 11 rings (SSSR count). The van der Waals surface area contributed by atoms with Crippen LogP contribution in [0.3, 0.4) is 0 Å². The van der Waals surface area contributed by atoms with Crippen molar-refractivity contribution in [2.75, 3.05) is 49.5 Å². The molecule has 0 unspecified atom stereocenters. The Kier molecular flexibility index (Phi) is 13.6. The highest BCUT2D eigenvalue weighted by molar-refractivity contribution is 7.90. The SMILES string of the molecule is CC(C)c1ccccc1[C@@H]1CN(Cc2ccc(OC3CC3)cc2)CCN1C1CC2(C1)CN(c1ccc(C(=O)NS(=O)(=O)c3ccc(NCC4CCC(C)(O)CC4)c([N+](=O)[O-])c3)c(Oc3cnc4[nH]cc(F)c4c3)c1)C2. The molecule has 4 heterocycles. The van der Waals surface area contributed by atoms with Gasteiger partial charge in [0.2, 0.25) is 0 Å². The quantitative estimate of drug-likeness (QED) is 0.0498. The lowest BCUT2D eigenvalue weighted by Crippen LogP contribution is -2.68. The maximum Gasteiger partial charge on any atom is 0.293 e. The normalized spacial score (nSPS) is 22.2. The van der Waals surface area contributed by atoms with Gasteiger partial charge in [-0.15, -0.1) is 0 Å². The van der Waals surface area contributed by atoms with Crippen molar-refractivity contribution in [3.8, 4) is 17.2 Å². The van der Waals surface area contributed by atoms with Crippen LogP contribution in [0.2, 0.25) is 0 Å². The third-order valence-corrected chi connectivity index (χ3v) is 17.6. The Morgan fingerprint density at radius 3 is 2.47 bits per heavy atom. The van der Waals surface area contributed by atoms with E-state index >= 15 is 0 Å². The van der Waals surface area contributed by atoms with Crippen LogP contribution in [0.4, 0.5) is 21.5 Å². The number of carbonyl (C=O) groups excluding carboxylic acids is 1. The van der Waals surface area contributed by atoms with Crippen molar-refractivity contribution in [2.24, 2.45) is 11.3 Å². The second-order valence-electron chi connectivity index (χ2n) is 22.3. The summed E-state index contributed by atoms with van der Waals surface area (Å²) in [4.78, 5) is 39.8. The number of ether oxygens (including phenoxy) is 2. The summed E-state index contributed by atoms with van der Waals surface area (Å²) in [5.74, 6) is 0.0896. The van der Waals surface area contributed by atoms with Gasteiger partial charge < -0.3 is 29.8 Å². The van der Waals surface area contributed by atoms with Gasteiger partial charge >= 0.3 is 0 Å². The summed E-state index contributed by atoms with van der Waals surface area (Å²) in [7, 11) is -4.64. The molecule has 1 amide bonds. The Morgan fingerprint density at radius 1 is 0.973 bits per heavy atom. The Labute approximate surface area is 436 Å². The minimum atomic E-state index is -4.64. The zero-order chi connectivity index (χ0) is 52.2. The second-order valence-corrected chi connectivity index (χ2v) is 24.0. The number of H-pyrrole nitrogens is 1. The molecule has 2 aliphatic heterocycles. The fourth-order valence-corrected chi connectivity index (χ4v) is 12.8. The van der Waals surface area contributed by atoms with Crippen molar-refractivity contribution >= 4 is 44.0 Å². The van der Waals surface area contributed by atoms with Crippen molar-refractivity contribution in [2.45, 2.75) is 113 Å². The molecule has 18 heteroatoms. The van der Waals surface area contributed by atoms with E-state index in [2.05, 4.69) is 97.1 Å². The third kappa shape index (κ3) is 10.9. The number of aromatic nitrogens is 2. The number of carbonyl (C=O) groups is 1. The van der Waals surface area contributed by atoms with Gasteiger partial charge in [-0.25, -0.2) is 22.5 Å². The standard InChI is InChI=1S/C57H65FN8O8S/c1-36(2)45-6-4-5-7-46(45)52-33-63(32-38-8-11-41(12-9-38)73-42-13-14-42)22-23-65(52)40-27-57(28-40)34-64(35-57)39-10-16-47(53(24-39)74-43-25-48-49(58)31-61-54(48)60-30-43)55(67)62-75(71,72)44-15-17-50(51(26-44)66(69)70)59-29-37-18-20-56(3,68)21-19-37/h4-12,15-17,24-26,30-31,36-37,40,42,52,59,68H,13-14,18-23,27-29,32-35H2,1-3H3,(H,60,61)(H,62,67)/t37?,52-,56?/m0/s1. The number of aromatic amines is 1. The number of fused-ring (bicyclic) bond motifs is 1. The zero-order valence-corrected chi connectivity index (χ0v) is 43.5. The lowest BCUT2D eigenvalue weighted by atomic mass is 9.59. The van der Waals surface area contributed by atoms with E-state index < -0.39 is 42.9 Å². The van der Waals surface area contributed by atoms with Crippen LogP contribution in [0.25, 0.3) is 11.0 Å². The van der Waals surface area contributed by atoms with Crippen LogP contribution in [0.15, 0.2) is 108 Å². The molecule has 1 atom stereocenters. The molecule has 2 saturated heterocycles. The number of piperazine rings is 1. The van der Waals surface area contributed by atoms with Crippen molar-refractivity contribution in [1.82, 2.24) is 24.5 Å². The number of pyridine rings is 1. The first-order valence-electron chi connectivity index (χ1n) is 26.3. The van der Waals surface area contributed by atoms with Gasteiger partial charge in [0.05, 0.1) is 38.7 Å². The number of aliphatic hydroxyl groups is 1. The first kappa shape index (κ1) is 50.6. The average molecular weight is 1040 g/mol. The number of sulfonamides is 1. The fraction of sp³-hybridized carbons (Fsp3) is 0.439. The van der Waals surface area contributed by atoms with Gasteiger partial charge in [-0.3, -0.25) is 24.7 Å². The van der Waals surface area contributed by atoms with Crippen molar-refractivity contribution in [1.29, 1.82) is 0 Å². The number of nitrogens with one attached hydrogen (secondary N) is 3. The van der Waals surface area contributed by atoms with Crippen LogP contribution in [0, 0.1) is 27.3 Å². The van der Waals surface area contributed by atoms with Gasteiger partial charge in [-0.05, 0) is 129 Å². The summed E-state index contributed by atoms with van der Waals surface area (Å²) in [5.41, 5.74) is 4.07. The molecule has 6 aromatic rings. The number of nitrogens with zero attached hydrogens (tertiary/aromatic N) is 5. The maximum atomic E-state index is 14.7. The molecule has 75 heavy (non-hydrogen) atoms. The van der Waals surface area contributed by atoms with E-state index in [1.165, 1.54) is 53.3 Å². The van der Waals surface area contributed by atoms with Gasteiger partial charge in [-0.2, -0.15) is 0 Å². The van der Waals surface area contributed by atoms with E-state index in [-0.39, 0.29) is 45.5 Å².